The molecule has 2 fully saturated rings. The number of anilines is 1. The van der Waals surface area contributed by atoms with Crippen molar-refractivity contribution in [2.45, 2.75) is 45.4 Å². The highest BCUT2D eigenvalue weighted by Crippen LogP contribution is 2.34. The lowest BCUT2D eigenvalue weighted by atomic mass is 10.1. The number of aryl methyl sites for hydroxylation is 1. The lowest BCUT2D eigenvalue weighted by molar-refractivity contribution is 0.254. The molecule has 0 atom stereocenters. The number of rotatable bonds is 7. The molecule has 6 nitrogen and oxygen atoms in total. The van der Waals surface area contributed by atoms with Crippen molar-refractivity contribution in [1.82, 2.24) is 14.9 Å². The molecule has 0 radical (unpaired) electrons. The first kappa shape index (κ1) is 19.2. The predicted octanol–water partition coefficient (Wildman–Crippen LogP) is 3.80. The second-order valence-corrected chi connectivity index (χ2v) is 7.93. The van der Waals surface area contributed by atoms with Crippen LogP contribution in [0, 0.1) is 6.92 Å². The maximum atomic E-state index is 6.10. The van der Waals surface area contributed by atoms with Gasteiger partial charge in [0.1, 0.15) is 0 Å². The molecule has 6 heteroatoms. The van der Waals surface area contributed by atoms with Crippen LogP contribution in [-0.2, 0) is 0 Å². The van der Waals surface area contributed by atoms with Crippen LogP contribution < -0.4 is 14.4 Å². The Bertz CT molecular complexity index is 799. The van der Waals surface area contributed by atoms with Crippen molar-refractivity contribution in [1.29, 1.82) is 0 Å². The van der Waals surface area contributed by atoms with Crippen molar-refractivity contribution in [3.05, 3.63) is 17.8 Å². The quantitative estimate of drug-likeness (QED) is 0.677. The lowest BCUT2D eigenvalue weighted by Crippen LogP contribution is -2.31. The first-order valence-electron chi connectivity index (χ1n) is 10.7. The molecule has 3 heterocycles. The number of likely N-dealkylation sites (tertiary alicyclic amines) is 1. The van der Waals surface area contributed by atoms with Gasteiger partial charge in [0.25, 0.3) is 0 Å². The maximum Gasteiger partial charge on any atom is 0.226 e. The second-order valence-electron chi connectivity index (χ2n) is 7.93. The molecular weight excluding hydrogens is 352 g/mol. The maximum absolute atomic E-state index is 6.10. The van der Waals surface area contributed by atoms with E-state index in [1.807, 2.05) is 19.1 Å². The SMILES string of the molecule is COc1cc2c(C)nc(N3CCCCC3)nc2cc1OCCCN1CCCC1. The Hall–Kier alpha value is -2.08. The van der Waals surface area contributed by atoms with Crippen LogP contribution in [0.5, 0.6) is 11.5 Å². The molecule has 1 aromatic carbocycles. The zero-order chi connectivity index (χ0) is 19.3. The van der Waals surface area contributed by atoms with E-state index in [1.165, 1.54) is 45.2 Å². The number of methoxy groups -OCH3 is 1. The summed E-state index contributed by atoms with van der Waals surface area (Å²) in [5.74, 6) is 2.38. The topological polar surface area (TPSA) is 50.7 Å². The van der Waals surface area contributed by atoms with Crippen molar-refractivity contribution in [3.63, 3.8) is 0 Å². The van der Waals surface area contributed by atoms with Gasteiger partial charge in [0, 0.05) is 31.1 Å². The molecule has 0 saturated carbocycles. The van der Waals surface area contributed by atoms with Crippen LogP contribution >= 0.6 is 0 Å². The lowest BCUT2D eigenvalue weighted by Gasteiger charge is -2.27. The Labute approximate surface area is 167 Å². The Morgan fingerprint density at radius 3 is 2.43 bits per heavy atom. The van der Waals surface area contributed by atoms with Gasteiger partial charge in [-0.05, 0) is 64.6 Å². The minimum atomic E-state index is 0.696. The zero-order valence-corrected chi connectivity index (χ0v) is 17.2. The van der Waals surface area contributed by atoms with E-state index in [0.717, 1.165) is 60.1 Å². The monoisotopic (exact) mass is 384 g/mol. The standard InChI is InChI=1S/C22H32N4O2/c1-17-18-15-20(27-2)21(28-14-8-11-25-9-6-7-10-25)16-19(18)24-22(23-17)26-12-4-3-5-13-26/h15-16H,3-14H2,1-2H3. The minimum absolute atomic E-state index is 0.696. The number of piperidine rings is 1. The highest BCUT2D eigenvalue weighted by molar-refractivity contribution is 5.85. The van der Waals surface area contributed by atoms with E-state index in [0.29, 0.717) is 6.61 Å². The molecule has 2 aliphatic heterocycles. The van der Waals surface area contributed by atoms with Gasteiger partial charge in [-0.15, -0.1) is 0 Å². The van der Waals surface area contributed by atoms with Crippen molar-refractivity contribution in [3.8, 4) is 11.5 Å². The van der Waals surface area contributed by atoms with Gasteiger partial charge in [0.05, 0.1) is 24.9 Å². The van der Waals surface area contributed by atoms with Crippen LogP contribution in [0.15, 0.2) is 12.1 Å². The number of benzene rings is 1. The fourth-order valence-corrected chi connectivity index (χ4v) is 4.26. The fraction of sp³-hybridized carbons (Fsp3) is 0.636. The molecule has 2 aliphatic rings. The van der Waals surface area contributed by atoms with Crippen LogP contribution in [-0.4, -0.2) is 61.3 Å². The van der Waals surface area contributed by atoms with Gasteiger partial charge in [0.2, 0.25) is 5.95 Å². The molecule has 0 spiro atoms. The molecule has 1 aromatic heterocycles. The summed E-state index contributed by atoms with van der Waals surface area (Å²) in [6, 6.07) is 4.03. The van der Waals surface area contributed by atoms with E-state index in [2.05, 4.69) is 9.80 Å². The highest BCUT2D eigenvalue weighted by Gasteiger charge is 2.17. The van der Waals surface area contributed by atoms with Gasteiger partial charge >= 0.3 is 0 Å². The summed E-state index contributed by atoms with van der Waals surface area (Å²) in [6.45, 7) is 8.40. The number of nitrogens with zero attached hydrogens (tertiary/aromatic N) is 4. The minimum Gasteiger partial charge on any atom is -0.493 e. The average Bonchev–Trinajstić information content (AvgIpc) is 3.25. The molecule has 0 amide bonds. The van der Waals surface area contributed by atoms with Crippen LogP contribution in [0.3, 0.4) is 0 Å². The number of hydrogen-bond donors (Lipinski definition) is 0. The highest BCUT2D eigenvalue weighted by atomic mass is 16.5. The van der Waals surface area contributed by atoms with Crippen LogP contribution in [0.25, 0.3) is 10.9 Å². The molecule has 0 bridgehead atoms. The summed E-state index contributed by atoms with van der Waals surface area (Å²) in [7, 11) is 1.69. The van der Waals surface area contributed by atoms with E-state index in [9.17, 15) is 0 Å². The molecule has 2 aromatic rings. The Kier molecular flexibility index (Phi) is 6.15. The van der Waals surface area contributed by atoms with Crippen molar-refractivity contribution in [2.75, 3.05) is 51.3 Å². The van der Waals surface area contributed by atoms with Crippen molar-refractivity contribution >= 4 is 16.9 Å². The fourth-order valence-electron chi connectivity index (χ4n) is 4.26. The van der Waals surface area contributed by atoms with Crippen molar-refractivity contribution in [2.24, 2.45) is 0 Å². The van der Waals surface area contributed by atoms with E-state index in [-0.39, 0.29) is 0 Å². The van der Waals surface area contributed by atoms with E-state index in [1.54, 1.807) is 7.11 Å². The predicted molar refractivity (Wildman–Crippen MR) is 113 cm³/mol. The van der Waals surface area contributed by atoms with Crippen LogP contribution in [0.2, 0.25) is 0 Å². The molecular formula is C22H32N4O2. The number of ether oxygens (including phenoxy) is 2. The first-order chi connectivity index (χ1) is 13.7. The Morgan fingerprint density at radius 2 is 1.68 bits per heavy atom. The third-order valence-electron chi connectivity index (χ3n) is 5.87. The smallest absolute Gasteiger partial charge is 0.226 e. The molecule has 0 unspecified atom stereocenters. The molecule has 2 saturated heterocycles. The number of aromatic nitrogens is 2. The third-order valence-corrected chi connectivity index (χ3v) is 5.87. The van der Waals surface area contributed by atoms with E-state index in [4.69, 9.17) is 19.4 Å². The summed E-state index contributed by atoms with van der Waals surface area (Å²) in [6.07, 6.45) is 7.43. The number of hydrogen-bond acceptors (Lipinski definition) is 6. The first-order valence-corrected chi connectivity index (χ1v) is 10.7. The number of fused-ring (bicyclic) bond motifs is 1. The average molecular weight is 385 g/mol. The summed E-state index contributed by atoms with van der Waals surface area (Å²) >= 11 is 0. The van der Waals surface area contributed by atoms with Crippen LogP contribution in [0.1, 0.15) is 44.2 Å². The van der Waals surface area contributed by atoms with Gasteiger partial charge in [-0.2, -0.15) is 0 Å². The third kappa shape index (κ3) is 4.32. The van der Waals surface area contributed by atoms with Gasteiger partial charge < -0.3 is 19.3 Å². The second kappa shape index (κ2) is 8.95. The zero-order valence-electron chi connectivity index (χ0n) is 17.2. The van der Waals surface area contributed by atoms with Gasteiger partial charge in [-0.25, -0.2) is 9.97 Å². The molecule has 4 rings (SSSR count). The van der Waals surface area contributed by atoms with E-state index < -0.39 is 0 Å². The molecule has 152 valence electrons. The van der Waals surface area contributed by atoms with Crippen molar-refractivity contribution < 1.29 is 9.47 Å². The van der Waals surface area contributed by atoms with Crippen LogP contribution in [0.4, 0.5) is 5.95 Å². The Balaban J connectivity index is 1.51. The molecule has 28 heavy (non-hydrogen) atoms. The van der Waals surface area contributed by atoms with Gasteiger partial charge in [-0.1, -0.05) is 0 Å². The normalized spacial score (nSPS) is 18.0. The van der Waals surface area contributed by atoms with Gasteiger partial charge in [-0.3, -0.25) is 0 Å². The van der Waals surface area contributed by atoms with E-state index >= 15 is 0 Å². The summed E-state index contributed by atoms with van der Waals surface area (Å²) in [5.41, 5.74) is 1.92. The van der Waals surface area contributed by atoms with Gasteiger partial charge in [0.15, 0.2) is 11.5 Å². The molecule has 0 aliphatic carbocycles. The molecule has 0 N–H and O–H groups in total. The summed E-state index contributed by atoms with van der Waals surface area (Å²) in [4.78, 5) is 14.4. The Morgan fingerprint density at radius 1 is 0.929 bits per heavy atom. The largest absolute Gasteiger partial charge is 0.493 e. The summed E-state index contributed by atoms with van der Waals surface area (Å²) < 4.78 is 11.7. The summed E-state index contributed by atoms with van der Waals surface area (Å²) in [5, 5.41) is 1.03.